The van der Waals surface area contributed by atoms with Crippen molar-refractivity contribution in [2.75, 3.05) is 18.1 Å². The maximum atomic E-state index is 11.6. The normalized spacial score (nSPS) is 23.1. The molecule has 114 valence electrons. The summed E-state index contributed by atoms with van der Waals surface area (Å²) >= 11 is 3.56. The Labute approximate surface area is 129 Å². The molecule has 1 aliphatic heterocycles. The van der Waals surface area contributed by atoms with Gasteiger partial charge in [0.1, 0.15) is 0 Å². The lowest BCUT2D eigenvalue weighted by Crippen LogP contribution is -2.26. The van der Waals surface area contributed by atoms with E-state index in [0.717, 1.165) is 36.1 Å². The molecule has 1 aromatic rings. The zero-order valence-corrected chi connectivity index (χ0v) is 14.4. The Morgan fingerprint density at radius 1 is 1.55 bits per heavy atom. The van der Waals surface area contributed by atoms with Gasteiger partial charge in [-0.2, -0.15) is 5.10 Å². The number of nitrogens with one attached hydrogen (secondary N) is 1. The molecule has 0 saturated carbocycles. The van der Waals surface area contributed by atoms with Crippen LogP contribution in [0.5, 0.6) is 0 Å². The molecule has 0 spiro atoms. The van der Waals surface area contributed by atoms with Crippen LogP contribution in [-0.4, -0.2) is 36.2 Å². The van der Waals surface area contributed by atoms with Gasteiger partial charge in [-0.05, 0) is 48.2 Å². The third kappa shape index (κ3) is 3.62. The van der Waals surface area contributed by atoms with Crippen molar-refractivity contribution >= 4 is 25.8 Å². The van der Waals surface area contributed by atoms with Gasteiger partial charge in [-0.1, -0.05) is 6.92 Å². The molecule has 1 aromatic heterocycles. The smallest absolute Gasteiger partial charge is 0.150 e. The number of rotatable bonds is 6. The summed E-state index contributed by atoms with van der Waals surface area (Å²) in [5.41, 5.74) is 1.12. The lowest BCUT2D eigenvalue weighted by Gasteiger charge is -2.22. The number of aryl methyl sites for hydroxylation is 1. The van der Waals surface area contributed by atoms with Crippen LogP contribution >= 0.6 is 15.9 Å². The van der Waals surface area contributed by atoms with Crippen molar-refractivity contribution in [3.8, 4) is 0 Å². The summed E-state index contributed by atoms with van der Waals surface area (Å²) in [5, 5.41) is 7.82. The zero-order chi connectivity index (χ0) is 14.8. The van der Waals surface area contributed by atoms with Gasteiger partial charge in [-0.25, -0.2) is 8.42 Å². The highest BCUT2D eigenvalue weighted by Crippen LogP contribution is 2.32. The molecule has 1 N–H and O–H groups in total. The molecule has 2 unspecified atom stereocenters. The third-order valence-corrected chi connectivity index (χ3v) is 6.26. The zero-order valence-electron chi connectivity index (χ0n) is 12.0. The van der Waals surface area contributed by atoms with E-state index in [4.69, 9.17) is 0 Å². The van der Waals surface area contributed by atoms with Crippen LogP contribution in [0.3, 0.4) is 0 Å². The van der Waals surface area contributed by atoms with Gasteiger partial charge in [0.25, 0.3) is 0 Å². The number of halogens is 1. The first kappa shape index (κ1) is 16.0. The average Bonchev–Trinajstić information content (AvgIpc) is 2.91. The fourth-order valence-corrected chi connectivity index (χ4v) is 5.35. The molecule has 0 amide bonds. The standard InChI is InChI=1S/C13H22BrN3O2S/c1-3-15-12(7-10-5-6-20(18,19)9-10)13-11(14)8-16-17(13)4-2/h8,10,12,15H,3-7,9H2,1-2H3. The third-order valence-electron chi connectivity index (χ3n) is 3.81. The van der Waals surface area contributed by atoms with Gasteiger partial charge in [0.15, 0.2) is 9.84 Å². The van der Waals surface area contributed by atoms with Gasteiger partial charge in [0.2, 0.25) is 0 Å². The molecule has 20 heavy (non-hydrogen) atoms. The van der Waals surface area contributed by atoms with Crippen LogP contribution in [0.25, 0.3) is 0 Å². The summed E-state index contributed by atoms with van der Waals surface area (Å²) in [6, 6.07) is 0.148. The number of hydrogen-bond donors (Lipinski definition) is 1. The minimum Gasteiger partial charge on any atom is -0.309 e. The molecule has 1 aliphatic rings. The van der Waals surface area contributed by atoms with E-state index < -0.39 is 9.84 Å². The van der Waals surface area contributed by atoms with Crippen molar-refractivity contribution in [3.05, 3.63) is 16.4 Å². The van der Waals surface area contributed by atoms with Gasteiger partial charge < -0.3 is 5.32 Å². The minimum atomic E-state index is -2.81. The second-order valence-corrected chi connectivity index (χ2v) is 8.39. The van der Waals surface area contributed by atoms with Crippen LogP contribution in [-0.2, 0) is 16.4 Å². The number of nitrogens with zero attached hydrogens (tertiary/aromatic N) is 2. The van der Waals surface area contributed by atoms with Crippen LogP contribution < -0.4 is 5.32 Å². The Hall–Kier alpha value is -0.400. The van der Waals surface area contributed by atoms with Gasteiger partial charge in [0.05, 0.1) is 33.9 Å². The van der Waals surface area contributed by atoms with Gasteiger partial charge in [-0.15, -0.1) is 0 Å². The summed E-state index contributed by atoms with van der Waals surface area (Å²) < 4.78 is 26.2. The summed E-state index contributed by atoms with van der Waals surface area (Å²) in [6.07, 6.45) is 3.44. The molecule has 1 saturated heterocycles. The van der Waals surface area contributed by atoms with Crippen molar-refractivity contribution in [1.82, 2.24) is 15.1 Å². The Kier molecular flexibility index (Phi) is 5.25. The molecular weight excluding hydrogens is 342 g/mol. The van der Waals surface area contributed by atoms with Crippen molar-refractivity contribution in [2.24, 2.45) is 5.92 Å². The maximum absolute atomic E-state index is 11.6. The molecule has 2 heterocycles. The molecule has 0 bridgehead atoms. The van der Waals surface area contributed by atoms with Crippen molar-refractivity contribution in [3.63, 3.8) is 0 Å². The van der Waals surface area contributed by atoms with Crippen LogP contribution in [0.15, 0.2) is 10.7 Å². The fourth-order valence-electron chi connectivity index (χ4n) is 2.90. The highest BCUT2D eigenvalue weighted by atomic mass is 79.9. The maximum Gasteiger partial charge on any atom is 0.150 e. The molecule has 0 radical (unpaired) electrons. The predicted molar refractivity (Wildman–Crippen MR) is 83.4 cm³/mol. The topological polar surface area (TPSA) is 64.0 Å². The van der Waals surface area contributed by atoms with Gasteiger partial charge in [-0.3, -0.25) is 4.68 Å². The Bertz CT molecular complexity index is 556. The molecule has 0 aromatic carbocycles. The summed E-state index contributed by atoms with van der Waals surface area (Å²) in [6.45, 7) is 5.79. The van der Waals surface area contributed by atoms with E-state index in [0.29, 0.717) is 11.5 Å². The van der Waals surface area contributed by atoms with Crippen LogP contribution in [0, 0.1) is 5.92 Å². The number of hydrogen-bond acceptors (Lipinski definition) is 4. The first-order chi connectivity index (χ1) is 9.46. The molecule has 2 rings (SSSR count). The predicted octanol–water partition coefficient (Wildman–Crippen LogP) is 2.14. The van der Waals surface area contributed by atoms with Crippen LogP contribution in [0.1, 0.15) is 38.4 Å². The highest BCUT2D eigenvalue weighted by molar-refractivity contribution is 9.10. The monoisotopic (exact) mass is 363 g/mol. The molecule has 1 fully saturated rings. The lowest BCUT2D eigenvalue weighted by atomic mass is 9.97. The highest BCUT2D eigenvalue weighted by Gasteiger charge is 2.31. The summed E-state index contributed by atoms with van der Waals surface area (Å²) in [5.74, 6) is 0.911. The van der Waals surface area contributed by atoms with E-state index in [1.54, 1.807) is 0 Å². The Balaban J connectivity index is 2.17. The van der Waals surface area contributed by atoms with Crippen molar-refractivity contribution in [2.45, 2.75) is 39.3 Å². The lowest BCUT2D eigenvalue weighted by molar-refractivity contribution is 0.397. The second-order valence-electron chi connectivity index (χ2n) is 5.31. The van der Waals surface area contributed by atoms with E-state index in [9.17, 15) is 8.42 Å². The largest absolute Gasteiger partial charge is 0.309 e. The molecule has 7 heteroatoms. The van der Waals surface area contributed by atoms with Crippen molar-refractivity contribution < 1.29 is 8.42 Å². The van der Waals surface area contributed by atoms with Crippen molar-refractivity contribution in [1.29, 1.82) is 0 Å². The SMILES string of the molecule is CCNC(CC1CCS(=O)(=O)C1)c1c(Br)cnn1CC. The summed E-state index contributed by atoms with van der Waals surface area (Å²) in [4.78, 5) is 0. The van der Waals surface area contributed by atoms with Crippen LogP contribution in [0.2, 0.25) is 0 Å². The van der Waals surface area contributed by atoms with E-state index in [-0.39, 0.29) is 12.0 Å². The molecule has 2 atom stereocenters. The first-order valence-electron chi connectivity index (χ1n) is 7.11. The second kappa shape index (κ2) is 6.58. The molecule has 0 aliphatic carbocycles. The minimum absolute atomic E-state index is 0.148. The quantitative estimate of drug-likeness (QED) is 0.840. The van der Waals surface area contributed by atoms with E-state index >= 15 is 0 Å². The van der Waals surface area contributed by atoms with E-state index in [2.05, 4.69) is 40.2 Å². The molecule has 5 nitrogen and oxygen atoms in total. The van der Waals surface area contributed by atoms with Gasteiger partial charge in [0, 0.05) is 6.54 Å². The van der Waals surface area contributed by atoms with E-state index in [1.165, 1.54) is 0 Å². The van der Waals surface area contributed by atoms with E-state index in [1.807, 2.05) is 10.9 Å². The number of sulfone groups is 1. The Morgan fingerprint density at radius 2 is 2.30 bits per heavy atom. The number of aromatic nitrogens is 2. The summed E-state index contributed by atoms with van der Waals surface area (Å²) in [7, 11) is -2.81. The first-order valence-corrected chi connectivity index (χ1v) is 9.73. The average molecular weight is 364 g/mol. The molecular formula is C13H22BrN3O2S. The fraction of sp³-hybridized carbons (Fsp3) is 0.769. The Morgan fingerprint density at radius 3 is 2.85 bits per heavy atom. The van der Waals surface area contributed by atoms with Gasteiger partial charge >= 0.3 is 0 Å². The van der Waals surface area contributed by atoms with Crippen LogP contribution in [0.4, 0.5) is 0 Å².